The van der Waals surface area contributed by atoms with Gasteiger partial charge in [-0.25, -0.2) is 8.42 Å². The maximum atomic E-state index is 13.5. The summed E-state index contributed by atoms with van der Waals surface area (Å²) in [6.07, 6.45) is 5.10. The molecule has 34 heavy (non-hydrogen) atoms. The molecule has 184 valence electrons. The number of hydrogen-bond donors (Lipinski definition) is 1. The summed E-state index contributed by atoms with van der Waals surface area (Å²) in [5.74, 6) is -0.687. The van der Waals surface area contributed by atoms with Gasteiger partial charge in [0.25, 0.3) is 0 Å². The molecule has 0 aliphatic heterocycles. The molecule has 1 N–H and O–H groups in total. The molecule has 1 fully saturated rings. The molecule has 2 aromatic rings. The Morgan fingerprint density at radius 1 is 1.06 bits per heavy atom. The second-order valence-electron chi connectivity index (χ2n) is 8.56. The Hall–Kier alpha value is -1.91. The highest BCUT2D eigenvalue weighted by molar-refractivity contribution is 9.10. The maximum Gasteiger partial charge on any atom is 0.244 e. The number of hydrogen-bond acceptors (Lipinski definition) is 4. The van der Waals surface area contributed by atoms with Gasteiger partial charge in [-0.2, -0.15) is 0 Å². The SMILES string of the molecule is CC(C(=O)NC1CCCC1)N(Cc1ccc(Br)cc1)C(=O)CN(c1cccc(Br)c1)S(C)(=O)=O. The highest BCUT2D eigenvalue weighted by Gasteiger charge is 2.31. The minimum absolute atomic E-state index is 0.119. The first-order valence-electron chi connectivity index (χ1n) is 11.1. The van der Waals surface area contributed by atoms with E-state index in [1.807, 2.05) is 24.3 Å². The van der Waals surface area contributed by atoms with Crippen molar-refractivity contribution in [3.8, 4) is 0 Å². The van der Waals surface area contributed by atoms with Crippen LogP contribution in [-0.4, -0.2) is 50.0 Å². The van der Waals surface area contributed by atoms with E-state index in [0.29, 0.717) is 10.2 Å². The van der Waals surface area contributed by atoms with Crippen molar-refractivity contribution in [3.05, 3.63) is 63.0 Å². The summed E-state index contributed by atoms with van der Waals surface area (Å²) in [5, 5.41) is 3.05. The second kappa shape index (κ2) is 11.7. The van der Waals surface area contributed by atoms with Gasteiger partial charge in [0.2, 0.25) is 21.8 Å². The van der Waals surface area contributed by atoms with E-state index in [9.17, 15) is 18.0 Å². The average Bonchev–Trinajstić information content (AvgIpc) is 3.28. The molecular weight excluding hydrogens is 586 g/mol. The molecule has 1 aliphatic rings. The monoisotopic (exact) mass is 613 g/mol. The van der Waals surface area contributed by atoms with Gasteiger partial charge in [-0.1, -0.05) is 62.9 Å². The zero-order valence-corrected chi connectivity index (χ0v) is 23.2. The van der Waals surface area contributed by atoms with Crippen molar-refractivity contribution in [1.82, 2.24) is 10.2 Å². The molecule has 0 saturated heterocycles. The number of carbonyl (C=O) groups is 2. The third kappa shape index (κ3) is 7.29. The second-order valence-corrected chi connectivity index (χ2v) is 12.3. The van der Waals surface area contributed by atoms with Crippen LogP contribution in [0.5, 0.6) is 0 Å². The van der Waals surface area contributed by atoms with Gasteiger partial charge in [-0.05, 0) is 55.7 Å². The van der Waals surface area contributed by atoms with E-state index >= 15 is 0 Å². The standard InChI is InChI=1S/C24H29Br2N3O4S/c1-17(24(31)27-21-7-3-4-8-21)28(15-18-10-12-19(25)13-11-18)23(30)16-29(34(2,32)33)22-9-5-6-20(26)14-22/h5-6,9-14,17,21H,3-4,7-8,15-16H2,1-2H3,(H,27,31). The predicted octanol–water partition coefficient (Wildman–Crippen LogP) is 4.45. The van der Waals surface area contributed by atoms with Gasteiger partial charge in [-0.15, -0.1) is 0 Å². The summed E-state index contributed by atoms with van der Waals surface area (Å²) < 4.78 is 27.8. The largest absolute Gasteiger partial charge is 0.352 e. The summed E-state index contributed by atoms with van der Waals surface area (Å²) in [5.41, 5.74) is 1.21. The highest BCUT2D eigenvalue weighted by atomic mass is 79.9. The van der Waals surface area contributed by atoms with Crippen LogP contribution < -0.4 is 9.62 Å². The first-order valence-corrected chi connectivity index (χ1v) is 14.6. The smallest absolute Gasteiger partial charge is 0.244 e. The van der Waals surface area contributed by atoms with Crippen molar-refractivity contribution in [2.45, 2.75) is 51.2 Å². The Balaban J connectivity index is 1.87. The molecule has 0 heterocycles. The average molecular weight is 615 g/mol. The van der Waals surface area contributed by atoms with E-state index in [1.165, 1.54) is 4.90 Å². The Bertz CT molecular complexity index is 1120. The van der Waals surface area contributed by atoms with Gasteiger partial charge in [0, 0.05) is 21.5 Å². The number of rotatable bonds is 9. The van der Waals surface area contributed by atoms with Crippen molar-refractivity contribution < 1.29 is 18.0 Å². The normalized spacial score (nSPS) is 15.1. The van der Waals surface area contributed by atoms with E-state index < -0.39 is 28.5 Å². The number of halogens is 2. The number of nitrogens with one attached hydrogen (secondary N) is 1. The Morgan fingerprint density at radius 3 is 2.29 bits per heavy atom. The number of anilines is 1. The predicted molar refractivity (Wildman–Crippen MR) is 141 cm³/mol. The van der Waals surface area contributed by atoms with Gasteiger partial charge in [0.15, 0.2) is 0 Å². The van der Waals surface area contributed by atoms with Gasteiger partial charge < -0.3 is 10.2 Å². The molecule has 1 unspecified atom stereocenters. The molecule has 0 aromatic heterocycles. The molecule has 2 aromatic carbocycles. The van der Waals surface area contributed by atoms with Crippen molar-refractivity contribution in [1.29, 1.82) is 0 Å². The minimum Gasteiger partial charge on any atom is -0.352 e. The summed E-state index contributed by atoms with van der Waals surface area (Å²) in [7, 11) is -3.75. The van der Waals surface area contributed by atoms with Crippen molar-refractivity contribution in [2.75, 3.05) is 17.1 Å². The summed E-state index contributed by atoms with van der Waals surface area (Å²) in [6, 6.07) is 13.6. The minimum atomic E-state index is -3.75. The lowest BCUT2D eigenvalue weighted by molar-refractivity contribution is -0.139. The lowest BCUT2D eigenvalue weighted by Crippen LogP contribution is -2.52. The Kier molecular flexibility index (Phi) is 9.17. The summed E-state index contributed by atoms with van der Waals surface area (Å²) in [6.45, 7) is 1.46. The van der Waals surface area contributed by atoms with Crippen LogP contribution in [0.3, 0.4) is 0 Å². The molecule has 0 radical (unpaired) electrons. The Labute approximate surface area is 218 Å². The molecule has 2 amide bonds. The zero-order valence-electron chi connectivity index (χ0n) is 19.2. The summed E-state index contributed by atoms with van der Waals surface area (Å²) >= 11 is 6.76. The molecule has 0 spiro atoms. The fourth-order valence-electron chi connectivity index (χ4n) is 4.01. The summed E-state index contributed by atoms with van der Waals surface area (Å²) in [4.78, 5) is 28.0. The van der Waals surface area contributed by atoms with Crippen LogP contribution in [0.1, 0.15) is 38.2 Å². The molecule has 1 saturated carbocycles. The molecular formula is C24H29Br2N3O4S. The van der Waals surface area contributed by atoms with E-state index in [1.54, 1.807) is 31.2 Å². The van der Waals surface area contributed by atoms with Crippen LogP contribution in [-0.2, 0) is 26.2 Å². The number of sulfonamides is 1. The van der Waals surface area contributed by atoms with Crippen LogP contribution in [0.4, 0.5) is 5.69 Å². The van der Waals surface area contributed by atoms with Gasteiger partial charge in [0.1, 0.15) is 12.6 Å². The van der Waals surface area contributed by atoms with Gasteiger partial charge in [-0.3, -0.25) is 13.9 Å². The third-order valence-electron chi connectivity index (χ3n) is 5.91. The van der Waals surface area contributed by atoms with Crippen LogP contribution in [0.2, 0.25) is 0 Å². The molecule has 10 heteroatoms. The molecule has 3 rings (SSSR count). The number of benzene rings is 2. The van der Waals surface area contributed by atoms with E-state index in [4.69, 9.17) is 0 Å². The van der Waals surface area contributed by atoms with Crippen LogP contribution in [0, 0.1) is 0 Å². The quantitative estimate of drug-likeness (QED) is 0.452. The van der Waals surface area contributed by atoms with Gasteiger partial charge >= 0.3 is 0 Å². The Morgan fingerprint density at radius 2 is 1.71 bits per heavy atom. The van der Waals surface area contributed by atoms with Crippen molar-refractivity contribution in [2.24, 2.45) is 0 Å². The number of amides is 2. The van der Waals surface area contributed by atoms with Crippen LogP contribution in [0.25, 0.3) is 0 Å². The van der Waals surface area contributed by atoms with Crippen LogP contribution >= 0.6 is 31.9 Å². The van der Waals surface area contributed by atoms with Crippen LogP contribution in [0.15, 0.2) is 57.5 Å². The fourth-order valence-corrected chi connectivity index (χ4v) is 5.50. The van der Waals surface area contributed by atoms with E-state index in [2.05, 4.69) is 37.2 Å². The first-order chi connectivity index (χ1) is 16.0. The fraction of sp³-hybridized carbons (Fsp3) is 0.417. The molecule has 7 nitrogen and oxygen atoms in total. The molecule has 1 atom stereocenters. The number of nitrogens with zero attached hydrogens (tertiary/aromatic N) is 2. The maximum absolute atomic E-state index is 13.5. The zero-order chi connectivity index (χ0) is 24.9. The van der Waals surface area contributed by atoms with Crippen molar-refractivity contribution in [3.63, 3.8) is 0 Å². The molecule has 0 bridgehead atoms. The first kappa shape index (κ1) is 26.7. The van der Waals surface area contributed by atoms with E-state index in [-0.39, 0.29) is 18.5 Å². The lowest BCUT2D eigenvalue weighted by Gasteiger charge is -2.32. The van der Waals surface area contributed by atoms with Crippen molar-refractivity contribution >= 4 is 59.4 Å². The van der Waals surface area contributed by atoms with Gasteiger partial charge in [0.05, 0.1) is 11.9 Å². The highest BCUT2D eigenvalue weighted by Crippen LogP contribution is 2.23. The third-order valence-corrected chi connectivity index (χ3v) is 8.07. The topological polar surface area (TPSA) is 86.8 Å². The number of carbonyl (C=O) groups excluding carboxylic acids is 2. The molecule has 1 aliphatic carbocycles. The lowest BCUT2D eigenvalue weighted by atomic mass is 10.1. The van der Waals surface area contributed by atoms with E-state index in [0.717, 1.165) is 46.3 Å².